The van der Waals surface area contributed by atoms with Crippen LogP contribution in [0.25, 0.3) is 0 Å². The van der Waals surface area contributed by atoms with Crippen LogP contribution in [0.3, 0.4) is 0 Å². The summed E-state index contributed by atoms with van der Waals surface area (Å²) < 4.78 is 5.40. The fourth-order valence-corrected chi connectivity index (χ4v) is 3.59. The summed E-state index contributed by atoms with van der Waals surface area (Å²) in [7, 11) is 1.66. The molecule has 124 valence electrons. The zero-order chi connectivity index (χ0) is 16.2. The first-order valence-electron chi connectivity index (χ1n) is 8.29. The molecule has 1 atom stereocenters. The maximum absolute atomic E-state index is 5.40. The van der Waals surface area contributed by atoms with Crippen LogP contribution in [0, 0.1) is 13.8 Å². The molecule has 6 heteroatoms. The van der Waals surface area contributed by atoms with E-state index in [0.717, 1.165) is 30.8 Å². The monoisotopic (exact) mass is 315 g/mol. The van der Waals surface area contributed by atoms with Gasteiger partial charge in [0, 0.05) is 35.6 Å². The average molecular weight is 315 g/mol. The molecule has 0 saturated carbocycles. The largest absolute Gasteiger partial charge is 0.481 e. The molecular formula is C17H25N5O. The second-order valence-electron chi connectivity index (χ2n) is 6.24. The van der Waals surface area contributed by atoms with Crippen molar-refractivity contribution in [3.8, 4) is 5.88 Å². The molecular weight excluding hydrogens is 290 g/mol. The molecule has 1 N–H and O–H groups in total. The number of ether oxygens (including phenoxy) is 1. The maximum Gasteiger partial charge on any atom is 0.220 e. The van der Waals surface area contributed by atoms with E-state index < -0.39 is 0 Å². The van der Waals surface area contributed by atoms with Gasteiger partial charge in [0.2, 0.25) is 5.88 Å². The SMILES string of the molecule is COc1ncncc1CN1CCCCCC1c1c(C)n[nH]c1C. The Hall–Kier alpha value is -1.95. The van der Waals surface area contributed by atoms with Crippen molar-refractivity contribution in [3.05, 3.63) is 35.0 Å². The van der Waals surface area contributed by atoms with Crippen LogP contribution in [-0.2, 0) is 6.54 Å². The third-order valence-corrected chi connectivity index (χ3v) is 4.70. The van der Waals surface area contributed by atoms with Crippen LogP contribution in [-0.4, -0.2) is 38.7 Å². The Labute approximate surface area is 137 Å². The van der Waals surface area contributed by atoms with E-state index in [1.807, 2.05) is 6.20 Å². The molecule has 6 nitrogen and oxygen atoms in total. The molecule has 1 fully saturated rings. The van der Waals surface area contributed by atoms with Gasteiger partial charge >= 0.3 is 0 Å². The lowest BCUT2D eigenvalue weighted by Crippen LogP contribution is -2.29. The predicted octanol–water partition coefficient (Wildman–Crippen LogP) is 2.94. The molecule has 2 aromatic heterocycles. The molecule has 2 aromatic rings. The third-order valence-electron chi connectivity index (χ3n) is 4.70. The highest BCUT2D eigenvalue weighted by atomic mass is 16.5. The quantitative estimate of drug-likeness (QED) is 0.939. The Morgan fingerprint density at radius 1 is 1.30 bits per heavy atom. The minimum atomic E-state index is 0.390. The van der Waals surface area contributed by atoms with Crippen LogP contribution < -0.4 is 4.74 Å². The zero-order valence-corrected chi connectivity index (χ0v) is 14.2. The number of likely N-dealkylation sites (tertiary alicyclic amines) is 1. The van der Waals surface area contributed by atoms with Gasteiger partial charge in [-0.15, -0.1) is 0 Å². The van der Waals surface area contributed by atoms with Gasteiger partial charge in [0.05, 0.1) is 12.8 Å². The van der Waals surface area contributed by atoms with Gasteiger partial charge in [-0.2, -0.15) is 5.10 Å². The van der Waals surface area contributed by atoms with E-state index in [1.54, 1.807) is 7.11 Å². The van der Waals surface area contributed by atoms with Gasteiger partial charge in [-0.25, -0.2) is 9.97 Å². The fraction of sp³-hybridized carbons (Fsp3) is 0.588. The molecule has 3 rings (SSSR count). The minimum Gasteiger partial charge on any atom is -0.481 e. The second-order valence-corrected chi connectivity index (χ2v) is 6.24. The highest BCUT2D eigenvalue weighted by Crippen LogP contribution is 2.34. The van der Waals surface area contributed by atoms with E-state index in [2.05, 4.69) is 38.9 Å². The van der Waals surface area contributed by atoms with Gasteiger partial charge in [-0.3, -0.25) is 10.00 Å². The van der Waals surface area contributed by atoms with E-state index in [1.165, 1.54) is 36.8 Å². The minimum absolute atomic E-state index is 0.390. The van der Waals surface area contributed by atoms with E-state index in [0.29, 0.717) is 11.9 Å². The number of aromatic amines is 1. The number of methoxy groups -OCH3 is 1. The smallest absolute Gasteiger partial charge is 0.220 e. The highest BCUT2D eigenvalue weighted by molar-refractivity contribution is 5.28. The number of aromatic nitrogens is 4. The number of hydrogen-bond donors (Lipinski definition) is 1. The first-order chi connectivity index (χ1) is 11.2. The van der Waals surface area contributed by atoms with Crippen molar-refractivity contribution in [3.63, 3.8) is 0 Å². The van der Waals surface area contributed by atoms with Crippen LogP contribution in [0.4, 0.5) is 0 Å². The lowest BCUT2D eigenvalue weighted by atomic mass is 9.98. The first kappa shape index (κ1) is 15.9. The lowest BCUT2D eigenvalue weighted by Gasteiger charge is -2.30. The Bertz CT molecular complexity index is 635. The van der Waals surface area contributed by atoms with Crippen LogP contribution >= 0.6 is 0 Å². The maximum atomic E-state index is 5.40. The van der Waals surface area contributed by atoms with Crippen molar-refractivity contribution in [2.24, 2.45) is 0 Å². The summed E-state index contributed by atoms with van der Waals surface area (Å²) in [5.74, 6) is 0.670. The third kappa shape index (κ3) is 3.37. The molecule has 0 radical (unpaired) electrons. The van der Waals surface area contributed by atoms with Crippen molar-refractivity contribution in [2.45, 2.75) is 52.1 Å². The molecule has 0 aromatic carbocycles. The molecule has 1 unspecified atom stereocenters. The number of nitrogens with one attached hydrogen (secondary N) is 1. The lowest BCUT2D eigenvalue weighted by molar-refractivity contribution is 0.188. The van der Waals surface area contributed by atoms with Crippen molar-refractivity contribution in [1.82, 2.24) is 25.1 Å². The molecule has 0 aliphatic carbocycles. The summed E-state index contributed by atoms with van der Waals surface area (Å²) in [6.07, 6.45) is 8.33. The standard InChI is InChI=1S/C17H25N5O/c1-12-16(13(2)21-20-12)15-7-5-4-6-8-22(15)10-14-9-18-11-19-17(14)23-3/h9,11,15H,4-8,10H2,1-3H3,(H,20,21). The number of rotatable bonds is 4. The predicted molar refractivity (Wildman–Crippen MR) is 88.3 cm³/mol. The topological polar surface area (TPSA) is 66.9 Å². The Morgan fingerprint density at radius 3 is 2.91 bits per heavy atom. The second kappa shape index (κ2) is 7.08. The van der Waals surface area contributed by atoms with Gasteiger partial charge in [0.15, 0.2) is 0 Å². The summed E-state index contributed by atoms with van der Waals surface area (Å²) in [4.78, 5) is 10.9. The molecule has 3 heterocycles. The van der Waals surface area contributed by atoms with E-state index >= 15 is 0 Å². The van der Waals surface area contributed by atoms with Gasteiger partial charge in [0.25, 0.3) is 0 Å². The van der Waals surface area contributed by atoms with Crippen molar-refractivity contribution in [2.75, 3.05) is 13.7 Å². The molecule has 23 heavy (non-hydrogen) atoms. The van der Waals surface area contributed by atoms with Crippen molar-refractivity contribution < 1.29 is 4.74 Å². The summed E-state index contributed by atoms with van der Waals surface area (Å²) in [6.45, 7) is 6.09. The van der Waals surface area contributed by atoms with Gasteiger partial charge < -0.3 is 4.74 Å². The van der Waals surface area contributed by atoms with Gasteiger partial charge in [-0.1, -0.05) is 12.8 Å². The van der Waals surface area contributed by atoms with Crippen LogP contribution in [0.5, 0.6) is 5.88 Å². The number of aryl methyl sites for hydroxylation is 2. The normalized spacial score (nSPS) is 19.5. The summed E-state index contributed by atoms with van der Waals surface area (Å²) in [5, 5.41) is 7.53. The summed E-state index contributed by atoms with van der Waals surface area (Å²) >= 11 is 0. The van der Waals surface area contributed by atoms with Gasteiger partial charge in [0.1, 0.15) is 6.33 Å². The molecule has 1 aliphatic heterocycles. The Morgan fingerprint density at radius 2 is 2.17 bits per heavy atom. The fourth-order valence-electron chi connectivity index (χ4n) is 3.59. The molecule has 0 amide bonds. The Balaban J connectivity index is 1.90. The van der Waals surface area contributed by atoms with Crippen molar-refractivity contribution >= 4 is 0 Å². The van der Waals surface area contributed by atoms with Crippen LogP contribution in [0.1, 0.15) is 54.2 Å². The first-order valence-corrected chi connectivity index (χ1v) is 8.29. The van der Waals surface area contributed by atoms with E-state index in [4.69, 9.17) is 4.74 Å². The summed E-state index contributed by atoms with van der Waals surface area (Å²) in [6, 6.07) is 0.390. The zero-order valence-electron chi connectivity index (χ0n) is 14.2. The number of nitrogens with zero attached hydrogens (tertiary/aromatic N) is 4. The van der Waals surface area contributed by atoms with Crippen LogP contribution in [0.15, 0.2) is 12.5 Å². The highest BCUT2D eigenvalue weighted by Gasteiger charge is 2.27. The summed E-state index contributed by atoms with van der Waals surface area (Å²) in [5.41, 5.74) is 4.68. The molecule has 0 bridgehead atoms. The average Bonchev–Trinajstić information content (AvgIpc) is 2.76. The molecule has 1 saturated heterocycles. The van der Waals surface area contributed by atoms with Crippen molar-refractivity contribution in [1.29, 1.82) is 0 Å². The molecule has 0 spiro atoms. The van der Waals surface area contributed by atoms with Crippen LogP contribution in [0.2, 0.25) is 0 Å². The number of H-pyrrole nitrogens is 1. The van der Waals surface area contributed by atoms with Gasteiger partial charge in [-0.05, 0) is 33.2 Å². The number of hydrogen-bond acceptors (Lipinski definition) is 5. The van der Waals surface area contributed by atoms with E-state index in [-0.39, 0.29) is 0 Å². The Kier molecular flexibility index (Phi) is 4.91. The molecule has 1 aliphatic rings. The van der Waals surface area contributed by atoms with E-state index in [9.17, 15) is 0 Å².